The fourth-order valence-electron chi connectivity index (χ4n) is 12.1. The summed E-state index contributed by atoms with van der Waals surface area (Å²) in [7, 11) is 0.690. The standard InChI is InChI=1S/C59H61Cl2N6O15PS2/c1-63(56(75)80-30-35-15-17-38(18-16-35)85-84-31-43(53(71)72)62-48(68)14-4-3-9-21-65-49(69)19-20-50(65)70)22-23-64(2)57(76)81-46-24-44-51(41-12-7-5-10-39(41)46)36(26-60)28-66(44)54(73)58-32-59(33-58,34-58)55(74)67-29-37(27-61)52-42-13-8-6-11-40(42)47(25-45(52)67)82-83(77,78)79/h5-8,10-13,15-20,24-25,36-37,43H,3-4,9,14,21-23,26-34H2,1-2H3,(H,62,68)(H,71,72)(H2,77,78,79)/t36-,37-,43?,58?,59?/m1/s1. The first kappa shape index (κ1) is 61.2. The molecule has 7 amide bonds. The molecule has 26 heteroatoms. The summed E-state index contributed by atoms with van der Waals surface area (Å²) >= 11 is 13.1. The number of unbranched alkanes of at least 4 members (excludes halogenated alkanes) is 2. The van der Waals surface area contributed by atoms with Crippen molar-refractivity contribution in [2.24, 2.45) is 10.8 Å². The summed E-state index contributed by atoms with van der Waals surface area (Å²) in [6.07, 6.45) is 3.68. The van der Waals surface area contributed by atoms with Crippen molar-refractivity contribution in [3.05, 3.63) is 114 Å². The van der Waals surface area contributed by atoms with Crippen molar-refractivity contribution in [2.45, 2.75) is 74.3 Å². The normalized spacial score (nSPS) is 20.4. The largest absolute Gasteiger partial charge is 0.524 e. The number of carboxylic acids is 1. The molecule has 6 aliphatic rings. The predicted molar refractivity (Wildman–Crippen MR) is 321 cm³/mol. The van der Waals surface area contributed by atoms with Gasteiger partial charge in [0.15, 0.2) is 0 Å². The number of aliphatic carboxylic acids is 1. The highest BCUT2D eigenvalue weighted by atomic mass is 35.5. The van der Waals surface area contributed by atoms with Gasteiger partial charge in [-0.05, 0) is 71.7 Å². The summed E-state index contributed by atoms with van der Waals surface area (Å²) in [5.41, 5.74) is 1.70. The van der Waals surface area contributed by atoms with Gasteiger partial charge in [0, 0.05) is 123 Å². The summed E-state index contributed by atoms with van der Waals surface area (Å²) in [6.45, 7) is 0.913. The van der Waals surface area contributed by atoms with Crippen LogP contribution < -0.4 is 24.4 Å². The molecule has 11 rings (SSSR count). The van der Waals surface area contributed by atoms with E-state index in [2.05, 4.69) is 5.32 Å². The number of phosphoric ester groups is 1. The molecule has 3 aliphatic heterocycles. The molecule has 448 valence electrons. The van der Waals surface area contributed by atoms with Gasteiger partial charge in [-0.15, -0.1) is 23.2 Å². The molecule has 85 heavy (non-hydrogen) atoms. The van der Waals surface area contributed by atoms with Crippen LogP contribution in [0.5, 0.6) is 11.5 Å². The minimum Gasteiger partial charge on any atom is -0.480 e. The predicted octanol–water partition coefficient (Wildman–Crippen LogP) is 9.17. The number of rotatable bonds is 24. The zero-order valence-corrected chi connectivity index (χ0v) is 50.3. The fourth-order valence-corrected chi connectivity index (χ4v) is 15.2. The number of hydrogen-bond acceptors (Lipinski definition) is 14. The molecular formula is C59H61Cl2N6O15PS2. The Labute approximate surface area is 506 Å². The average Bonchev–Trinajstić information content (AvgIpc) is 1.40. The lowest BCUT2D eigenvalue weighted by Crippen LogP contribution is -2.73. The van der Waals surface area contributed by atoms with E-state index in [-0.39, 0.29) is 110 Å². The SMILES string of the molecule is CN(CCN(C)C(=O)Oc1cc2c(c3ccccc13)[C@H](CCl)CN2C(=O)C12CC(C(=O)N3C[C@@H](CCl)c4c3cc(OP(=O)(O)O)c3ccccc43)(C1)C2)C(=O)OCc1ccc(SSCC(NC(=O)CCCCCN2C(=O)C=CC2=O)C(=O)O)cc1. The lowest BCUT2D eigenvalue weighted by Gasteiger charge is -2.69. The van der Waals surface area contributed by atoms with Gasteiger partial charge in [-0.3, -0.25) is 38.7 Å². The Morgan fingerprint density at radius 3 is 1.78 bits per heavy atom. The van der Waals surface area contributed by atoms with Crippen LogP contribution >= 0.6 is 52.6 Å². The third-order valence-corrected chi connectivity index (χ3v) is 19.9. The summed E-state index contributed by atoms with van der Waals surface area (Å²) in [5, 5.41) is 14.8. The Morgan fingerprint density at radius 1 is 0.729 bits per heavy atom. The number of carbonyl (C=O) groups is 8. The Balaban J connectivity index is 0.700. The minimum absolute atomic E-state index is 0.0445. The van der Waals surface area contributed by atoms with E-state index in [4.69, 9.17) is 37.2 Å². The first-order chi connectivity index (χ1) is 40.6. The van der Waals surface area contributed by atoms with Crippen LogP contribution in [0.2, 0.25) is 0 Å². The van der Waals surface area contributed by atoms with Crippen molar-refractivity contribution in [2.75, 3.05) is 74.1 Å². The topological polar surface area (TPSA) is 270 Å². The van der Waals surface area contributed by atoms with E-state index in [0.29, 0.717) is 71.6 Å². The van der Waals surface area contributed by atoms with E-state index >= 15 is 0 Å². The highest BCUT2D eigenvalue weighted by molar-refractivity contribution is 8.76. The molecule has 3 fully saturated rings. The number of benzene rings is 5. The van der Waals surface area contributed by atoms with Gasteiger partial charge in [-0.25, -0.2) is 18.9 Å². The van der Waals surface area contributed by atoms with Crippen LogP contribution in [-0.4, -0.2) is 148 Å². The maximum Gasteiger partial charge on any atom is 0.524 e. The molecule has 0 saturated heterocycles. The third kappa shape index (κ3) is 12.7. The van der Waals surface area contributed by atoms with Crippen molar-refractivity contribution in [1.29, 1.82) is 0 Å². The summed E-state index contributed by atoms with van der Waals surface area (Å²) in [5.74, 6) is -2.49. The van der Waals surface area contributed by atoms with Gasteiger partial charge in [-0.2, -0.15) is 0 Å². The highest BCUT2D eigenvalue weighted by Gasteiger charge is 2.76. The van der Waals surface area contributed by atoms with Crippen LogP contribution in [0, 0.1) is 10.8 Å². The van der Waals surface area contributed by atoms with Crippen LogP contribution in [-0.2, 0) is 44.7 Å². The third-order valence-electron chi connectivity index (χ3n) is 16.4. The van der Waals surface area contributed by atoms with Crippen molar-refractivity contribution >= 4 is 133 Å². The number of hydrogen-bond donors (Lipinski definition) is 4. The fraction of sp³-hybridized carbons (Fsp3) is 0.390. The average molecular weight is 1260 g/mol. The van der Waals surface area contributed by atoms with E-state index in [9.17, 15) is 57.8 Å². The van der Waals surface area contributed by atoms with E-state index in [0.717, 1.165) is 26.3 Å². The molecule has 3 atom stereocenters. The smallest absolute Gasteiger partial charge is 0.480 e. The maximum atomic E-state index is 14.9. The van der Waals surface area contributed by atoms with E-state index in [1.54, 1.807) is 58.3 Å². The zero-order valence-electron chi connectivity index (χ0n) is 46.3. The molecule has 0 radical (unpaired) electrons. The number of fused-ring (bicyclic) bond motifs is 6. The van der Waals surface area contributed by atoms with Gasteiger partial charge in [0.25, 0.3) is 11.8 Å². The van der Waals surface area contributed by atoms with Crippen molar-refractivity contribution in [3.63, 3.8) is 0 Å². The molecule has 21 nitrogen and oxygen atoms in total. The van der Waals surface area contributed by atoms with Gasteiger partial charge in [0.2, 0.25) is 17.7 Å². The molecule has 4 N–H and O–H groups in total. The Kier molecular flexibility index (Phi) is 18.2. The van der Waals surface area contributed by atoms with Crippen LogP contribution in [0.3, 0.4) is 0 Å². The van der Waals surface area contributed by atoms with Gasteiger partial charge in [0.1, 0.15) is 24.1 Å². The summed E-state index contributed by atoms with van der Waals surface area (Å²) < 4.78 is 28.8. The number of anilines is 2. The number of likely N-dealkylation sites (N-methyl/N-ethyl adjacent to an activating group) is 2. The van der Waals surface area contributed by atoms with Crippen LogP contribution in [0.4, 0.5) is 21.0 Å². The molecular weight excluding hydrogens is 1200 g/mol. The monoisotopic (exact) mass is 1260 g/mol. The second-order valence-electron chi connectivity index (χ2n) is 22.1. The van der Waals surface area contributed by atoms with Crippen molar-refractivity contribution in [3.8, 4) is 11.5 Å². The summed E-state index contributed by atoms with van der Waals surface area (Å²) in [6, 6.07) is 23.7. The highest BCUT2D eigenvalue weighted by Crippen LogP contribution is 2.75. The number of halogens is 2. The molecule has 1 unspecified atom stereocenters. The number of nitrogens with zero attached hydrogens (tertiary/aromatic N) is 5. The molecule has 0 aromatic heterocycles. The van der Waals surface area contributed by atoms with Crippen molar-refractivity contribution < 1.29 is 71.8 Å². The second-order valence-corrected chi connectivity index (χ2v) is 26.3. The van der Waals surface area contributed by atoms with E-state index in [1.165, 1.54) is 63.7 Å². The number of phosphoric acid groups is 1. The quantitative estimate of drug-likeness (QED) is 0.0147. The zero-order chi connectivity index (χ0) is 60.5. The second kappa shape index (κ2) is 25.2. The van der Waals surface area contributed by atoms with Crippen molar-refractivity contribution in [1.82, 2.24) is 20.0 Å². The molecule has 3 heterocycles. The molecule has 3 aliphatic carbocycles. The number of alkyl halides is 2. The van der Waals surface area contributed by atoms with E-state index in [1.807, 2.05) is 30.3 Å². The molecule has 5 aromatic carbocycles. The van der Waals surface area contributed by atoms with Crippen LogP contribution in [0.15, 0.2) is 102 Å². The first-order valence-corrected chi connectivity index (χ1v) is 32.4. The summed E-state index contributed by atoms with van der Waals surface area (Å²) in [4.78, 5) is 132. The number of carboxylic acid groups (broad SMARTS) is 1. The molecule has 5 aromatic rings. The number of nitrogens with one attached hydrogen (secondary N) is 1. The van der Waals surface area contributed by atoms with Gasteiger partial charge in [0.05, 0.1) is 22.2 Å². The molecule has 0 spiro atoms. The first-order valence-electron chi connectivity index (χ1n) is 27.5. The Morgan fingerprint density at radius 2 is 1.25 bits per heavy atom. The Hall–Kier alpha value is -6.85. The minimum atomic E-state index is -4.97. The maximum absolute atomic E-state index is 14.9. The van der Waals surface area contributed by atoms with Gasteiger partial charge < -0.3 is 44.0 Å². The number of ether oxygens (including phenoxy) is 2. The Bertz CT molecular complexity index is 3570. The number of imide groups is 1. The lowest BCUT2D eigenvalue weighted by molar-refractivity contribution is -0.205. The van der Waals surface area contributed by atoms with E-state index < -0.39 is 48.8 Å². The number of carbonyl (C=O) groups excluding carboxylic acids is 7. The van der Waals surface area contributed by atoms with Gasteiger partial charge >= 0.3 is 26.0 Å². The van der Waals surface area contributed by atoms with Gasteiger partial charge in [-0.1, -0.05) is 88.7 Å². The molecule has 3 saturated carbocycles. The number of amides is 7. The molecule has 2 bridgehead atoms. The van der Waals surface area contributed by atoms with Crippen LogP contribution in [0.25, 0.3) is 21.5 Å². The van der Waals surface area contributed by atoms with Crippen LogP contribution in [0.1, 0.15) is 73.5 Å². The lowest BCUT2D eigenvalue weighted by atomic mass is 9.34.